The lowest BCUT2D eigenvalue weighted by atomic mass is 10.1. The summed E-state index contributed by atoms with van der Waals surface area (Å²) in [5.41, 5.74) is 3.28. The molecule has 0 bridgehead atoms. The standard InChI is InChI=1S/C36H45N7O7S.2ClH/c1-24-13-16-29(31(22-24)50-21-8-6-7-12-32(44)43-19-17-41(2)18-20-43)42(3)35(46)25-14-15-26(30(23-25)49-4)34(45)37-27-10-9-11-28-33(27)39-36(38-28)40-51(5,47)48;;/h9-11,13-16,22-23H,6-8,12,17-21H2,1-5H3,(H,37,45)(H2,38,39,40);2*1H. The maximum absolute atomic E-state index is 13.7. The van der Waals surface area contributed by atoms with E-state index < -0.39 is 15.9 Å². The maximum atomic E-state index is 13.7. The molecule has 0 unspecified atom stereocenters. The van der Waals surface area contributed by atoms with E-state index >= 15 is 0 Å². The second-order valence-electron chi connectivity index (χ2n) is 12.7. The number of benzene rings is 3. The van der Waals surface area contributed by atoms with Crippen LogP contribution in [0, 0.1) is 6.92 Å². The monoisotopic (exact) mass is 791 g/mol. The molecule has 53 heavy (non-hydrogen) atoms. The Hall–Kier alpha value is -4.57. The van der Waals surface area contributed by atoms with E-state index in [-0.39, 0.29) is 53.9 Å². The van der Waals surface area contributed by atoms with Crippen molar-refractivity contribution < 1.29 is 32.3 Å². The molecule has 1 saturated heterocycles. The Labute approximate surface area is 322 Å². The van der Waals surface area contributed by atoms with Gasteiger partial charge in [-0.25, -0.2) is 13.4 Å². The Morgan fingerprint density at radius 3 is 2.40 bits per heavy atom. The van der Waals surface area contributed by atoms with Gasteiger partial charge in [0.1, 0.15) is 17.0 Å². The quantitative estimate of drug-likeness (QED) is 0.143. The number of halogens is 2. The number of nitrogens with one attached hydrogen (secondary N) is 3. The summed E-state index contributed by atoms with van der Waals surface area (Å²) in [5, 5.41) is 2.81. The van der Waals surface area contributed by atoms with Crippen LogP contribution in [0.15, 0.2) is 54.6 Å². The molecule has 1 aromatic heterocycles. The number of carbonyl (C=O) groups is 3. The summed E-state index contributed by atoms with van der Waals surface area (Å²) in [7, 11) is 1.58. The zero-order chi connectivity index (χ0) is 36.7. The van der Waals surface area contributed by atoms with Crippen LogP contribution < -0.4 is 24.4 Å². The number of piperazine rings is 1. The van der Waals surface area contributed by atoms with Crippen LogP contribution in [0.2, 0.25) is 0 Å². The van der Waals surface area contributed by atoms with Crippen molar-refractivity contribution in [2.75, 3.05) is 75.2 Å². The number of aryl methyl sites for hydroxylation is 1. The molecule has 14 nitrogen and oxygen atoms in total. The summed E-state index contributed by atoms with van der Waals surface area (Å²) < 4.78 is 37.3. The van der Waals surface area contributed by atoms with Gasteiger partial charge < -0.3 is 34.5 Å². The van der Waals surface area contributed by atoms with Gasteiger partial charge in [-0.2, -0.15) is 0 Å². The molecule has 0 radical (unpaired) electrons. The number of H-pyrrole nitrogens is 1. The second kappa shape index (κ2) is 19.0. The molecule has 288 valence electrons. The van der Waals surface area contributed by atoms with Gasteiger partial charge in [0.05, 0.1) is 42.4 Å². The van der Waals surface area contributed by atoms with Gasteiger partial charge in [-0.05, 0) is 81.3 Å². The van der Waals surface area contributed by atoms with E-state index in [4.69, 9.17) is 9.47 Å². The second-order valence-corrected chi connectivity index (χ2v) is 14.5. The smallest absolute Gasteiger partial charge is 0.259 e. The number of ether oxygens (including phenoxy) is 2. The molecule has 1 aliphatic rings. The van der Waals surface area contributed by atoms with Crippen LogP contribution in [0.4, 0.5) is 17.3 Å². The normalized spacial score (nSPS) is 13.0. The fourth-order valence-electron chi connectivity index (χ4n) is 5.83. The van der Waals surface area contributed by atoms with Crippen molar-refractivity contribution in [1.29, 1.82) is 0 Å². The largest absolute Gasteiger partial charge is 0.496 e. The summed E-state index contributed by atoms with van der Waals surface area (Å²) in [6, 6.07) is 15.2. The molecule has 3 amide bonds. The number of anilines is 3. The number of imidazole rings is 1. The number of aromatic nitrogens is 2. The molecular formula is C36H47Cl2N7O7S. The minimum Gasteiger partial charge on any atom is -0.496 e. The first kappa shape index (κ1) is 42.8. The van der Waals surface area contributed by atoms with Crippen molar-refractivity contribution >= 4 is 80.9 Å². The highest BCUT2D eigenvalue weighted by atomic mass is 35.5. The van der Waals surface area contributed by atoms with Gasteiger partial charge in [-0.1, -0.05) is 12.1 Å². The van der Waals surface area contributed by atoms with Gasteiger partial charge in [0, 0.05) is 45.2 Å². The molecule has 0 saturated carbocycles. The van der Waals surface area contributed by atoms with Crippen LogP contribution in [0.3, 0.4) is 0 Å². The number of sulfonamides is 1. The van der Waals surface area contributed by atoms with Crippen LogP contribution in [0.25, 0.3) is 11.0 Å². The molecule has 3 N–H and O–H groups in total. The number of hydrogen-bond donors (Lipinski definition) is 3. The average Bonchev–Trinajstić information content (AvgIpc) is 3.51. The van der Waals surface area contributed by atoms with E-state index in [1.165, 1.54) is 24.1 Å². The highest BCUT2D eigenvalue weighted by Gasteiger charge is 2.22. The number of nitrogens with zero attached hydrogens (tertiary/aromatic N) is 4. The minimum atomic E-state index is -3.56. The van der Waals surface area contributed by atoms with Crippen LogP contribution in [-0.2, 0) is 14.8 Å². The number of rotatable bonds is 14. The summed E-state index contributed by atoms with van der Waals surface area (Å²) in [6.45, 7) is 5.79. The lowest BCUT2D eigenvalue weighted by Gasteiger charge is -2.32. The van der Waals surface area contributed by atoms with Crippen LogP contribution in [0.1, 0.15) is 52.0 Å². The Bertz CT molecular complexity index is 2020. The van der Waals surface area contributed by atoms with Crippen LogP contribution in [0.5, 0.6) is 11.5 Å². The molecule has 1 aliphatic heterocycles. The first-order chi connectivity index (χ1) is 24.3. The van der Waals surface area contributed by atoms with E-state index in [0.717, 1.165) is 57.3 Å². The number of para-hydroxylation sites is 1. The van der Waals surface area contributed by atoms with Crippen molar-refractivity contribution in [3.63, 3.8) is 0 Å². The van der Waals surface area contributed by atoms with Crippen molar-refractivity contribution in [2.24, 2.45) is 0 Å². The highest BCUT2D eigenvalue weighted by Crippen LogP contribution is 2.32. The first-order valence-electron chi connectivity index (χ1n) is 16.8. The molecular weight excluding hydrogens is 745 g/mol. The van der Waals surface area contributed by atoms with E-state index in [0.29, 0.717) is 46.7 Å². The van der Waals surface area contributed by atoms with Gasteiger partial charge in [-0.15, -0.1) is 24.8 Å². The van der Waals surface area contributed by atoms with Crippen molar-refractivity contribution in [1.82, 2.24) is 19.8 Å². The number of aromatic amines is 1. The van der Waals surface area contributed by atoms with Crippen molar-refractivity contribution in [3.05, 3.63) is 71.3 Å². The van der Waals surface area contributed by atoms with Gasteiger partial charge >= 0.3 is 0 Å². The molecule has 0 spiro atoms. The third-order valence-electron chi connectivity index (χ3n) is 8.67. The first-order valence-corrected chi connectivity index (χ1v) is 18.7. The fourth-order valence-corrected chi connectivity index (χ4v) is 6.27. The lowest BCUT2D eigenvalue weighted by Crippen LogP contribution is -2.47. The Morgan fingerprint density at radius 1 is 0.962 bits per heavy atom. The lowest BCUT2D eigenvalue weighted by molar-refractivity contribution is -0.132. The van der Waals surface area contributed by atoms with E-state index in [1.54, 1.807) is 31.3 Å². The zero-order valence-electron chi connectivity index (χ0n) is 30.4. The van der Waals surface area contributed by atoms with E-state index in [9.17, 15) is 22.8 Å². The Balaban J connectivity index is 0.00000378. The average molecular weight is 793 g/mol. The van der Waals surface area contributed by atoms with Crippen LogP contribution in [-0.4, -0.2) is 106 Å². The number of unbranched alkanes of at least 4 members (excludes halogenated alkanes) is 2. The molecule has 5 rings (SSSR count). The fraction of sp³-hybridized carbons (Fsp3) is 0.389. The predicted molar refractivity (Wildman–Crippen MR) is 212 cm³/mol. The number of amides is 3. The van der Waals surface area contributed by atoms with Gasteiger partial charge in [0.2, 0.25) is 21.9 Å². The molecule has 1 fully saturated rings. The number of methoxy groups -OCH3 is 1. The Morgan fingerprint density at radius 2 is 1.70 bits per heavy atom. The third-order valence-corrected chi connectivity index (χ3v) is 9.23. The number of hydrogen-bond acceptors (Lipinski definition) is 9. The Kier molecular flexibility index (Phi) is 15.3. The number of carbonyl (C=O) groups excluding carboxylic acids is 3. The van der Waals surface area contributed by atoms with Crippen molar-refractivity contribution in [2.45, 2.75) is 32.6 Å². The predicted octanol–water partition coefficient (Wildman–Crippen LogP) is 5.34. The molecule has 17 heteroatoms. The number of fused-ring (bicyclic) bond motifs is 1. The topological polar surface area (TPSA) is 166 Å². The number of likely N-dealkylation sites (N-methyl/N-ethyl adjacent to an activating group) is 1. The summed E-state index contributed by atoms with van der Waals surface area (Å²) >= 11 is 0. The SMILES string of the molecule is COc1cc(C(=O)N(C)c2ccc(C)cc2OCCCCCC(=O)N2CCN(C)CC2)ccc1C(=O)Nc1cccc2[nH]c(NS(C)(=O)=O)nc12.Cl.Cl. The molecule has 2 heterocycles. The van der Waals surface area contributed by atoms with Gasteiger partial charge in [0.15, 0.2) is 0 Å². The molecule has 0 atom stereocenters. The molecule has 0 aliphatic carbocycles. The third kappa shape index (κ3) is 11.2. The highest BCUT2D eigenvalue weighted by molar-refractivity contribution is 7.92. The van der Waals surface area contributed by atoms with E-state index in [1.807, 2.05) is 30.0 Å². The van der Waals surface area contributed by atoms with Gasteiger partial charge in [0.25, 0.3) is 11.8 Å². The summed E-state index contributed by atoms with van der Waals surface area (Å²) in [6.07, 6.45) is 3.97. The minimum absolute atomic E-state index is 0. The molecule has 3 aromatic carbocycles. The summed E-state index contributed by atoms with van der Waals surface area (Å²) in [4.78, 5) is 52.5. The molecule has 4 aromatic rings. The van der Waals surface area contributed by atoms with Gasteiger partial charge in [-0.3, -0.25) is 19.1 Å². The van der Waals surface area contributed by atoms with Crippen LogP contribution >= 0.6 is 24.8 Å². The zero-order valence-corrected chi connectivity index (χ0v) is 32.9. The summed E-state index contributed by atoms with van der Waals surface area (Å²) in [5.74, 6) is 0.151. The van der Waals surface area contributed by atoms with Crippen molar-refractivity contribution in [3.8, 4) is 11.5 Å². The maximum Gasteiger partial charge on any atom is 0.259 e. The van der Waals surface area contributed by atoms with E-state index in [2.05, 4.69) is 32.0 Å².